The number of nitrogens with zero attached hydrogens (tertiary/aromatic N) is 1. The summed E-state index contributed by atoms with van der Waals surface area (Å²) < 4.78 is 0. The third-order valence-electron chi connectivity index (χ3n) is 3.77. The van der Waals surface area contributed by atoms with Crippen LogP contribution in [0, 0.1) is 0 Å². The van der Waals surface area contributed by atoms with Crippen molar-refractivity contribution in [1.29, 1.82) is 0 Å². The average Bonchev–Trinajstić information content (AvgIpc) is 2.43. The van der Waals surface area contributed by atoms with Crippen molar-refractivity contribution in [1.82, 2.24) is 4.90 Å². The van der Waals surface area contributed by atoms with E-state index in [1.54, 1.807) is 18.2 Å². The zero-order chi connectivity index (χ0) is 14.5. The van der Waals surface area contributed by atoms with E-state index in [1.165, 1.54) is 19.3 Å². The molecule has 20 heavy (non-hydrogen) atoms. The Morgan fingerprint density at radius 1 is 1.35 bits per heavy atom. The molecule has 0 saturated carbocycles. The molecule has 0 bridgehead atoms. The van der Waals surface area contributed by atoms with Gasteiger partial charge >= 0.3 is 0 Å². The summed E-state index contributed by atoms with van der Waals surface area (Å²) in [5, 5.41) is 3.82. The number of carbonyl (C=O) groups excluding carboxylic acids is 1. The van der Waals surface area contributed by atoms with E-state index in [0.29, 0.717) is 28.3 Å². The molecule has 1 atom stereocenters. The molecule has 1 aliphatic heterocycles. The minimum absolute atomic E-state index is 0.00346. The zero-order valence-electron chi connectivity index (χ0n) is 11.7. The van der Waals surface area contributed by atoms with E-state index >= 15 is 0 Å². The van der Waals surface area contributed by atoms with Crippen molar-refractivity contribution >= 4 is 34.8 Å². The van der Waals surface area contributed by atoms with Crippen molar-refractivity contribution in [3.05, 3.63) is 28.2 Å². The molecule has 3 nitrogen and oxygen atoms in total. The summed E-state index contributed by atoms with van der Waals surface area (Å²) >= 11 is 11.8. The maximum Gasteiger partial charge on any atom is 0.238 e. The third-order valence-corrected chi connectivity index (χ3v) is 4.51. The Morgan fingerprint density at radius 3 is 2.85 bits per heavy atom. The minimum Gasteiger partial charge on any atom is -0.325 e. The lowest BCUT2D eigenvalue weighted by Gasteiger charge is -2.34. The second-order valence-corrected chi connectivity index (χ2v) is 6.02. The molecular weight excluding hydrogens is 295 g/mol. The van der Waals surface area contributed by atoms with Crippen LogP contribution < -0.4 is 5.32 Å². The van der Waals surface area contributed by atoms with Crippen LogP contribution in [-0.2, 0) is 4.79 Å². The molecule has 0 radical (unpaired) electrons. The molecule has 1 saturated heterocycles. The Morgan fingerprint density at radius 2 is 2.15 bits per heavy atom. The van der Waals surface area contributed by atoms with E-state index in [0.717, 1.165) is 13.0 Å². The fourth-order valence-electron chi connectivity index (χ4n) is 2.69. The summed E-state index contributed by atoms with van der Waals surface area (Å²) in [6.07, 6.45) is 4.73. The molecule has 110 valence electrons. The van der Waals surface area contributed by atoms with Crippen molar-refractivity contribution < 1.29 is 4.79 Å². The Kier molecular flexibility index (Phi) is 5.70. The Bertz CT molecular complexity index is 479. The monoisotopic (exact) mass is 314 g/mol. The van der Waals surface area contributed by atoms with Gasteiger partial charge in [-0.25, -0.2) is 0 Å². The lowest BCUT2D eigenvalue weighted by molar-refractivity contribution is -0.118. The van der Waals surface area contributed by atoms with Gasteiger partial charge in [0, 0.05) is 11.7 Å². The second-order valence-electron chi connectivity index (χ2n) is 5.21. The first-order valence-corrected chi connectivity index (χ1v) is 7.84. The van der Waals surface area contributed by atoms with Gasteiger partial charge in [0.1, 0.15) is 0 Å². The van der Waals surface area contributed by atoms with Gasteiger partial charge in [-0.3, -0.25) is 9.69 Å². The van der Waals surface area contributed by atoms with E-state index in [2.05, 4.69) is 17.1 Å². The van der Waals surface area contributed by atoms with Gasteiger partial charge in [-0.15, -0.1) is 0 Å². The molecule has 1 amide bonds. The minimum atomic E-state index is 0.00346. The number of piperidine rings is 1. The number of rotatable bonds is 4. The topological polar surface area (TPSA) is 32.3 Å². The molecule has 1 aliphatic rings. The highest BCUT2D eigenvalue weighted by Crippen LogP contribution is 2.25. The van der Waals surface area contributed by atoms with E-state index in [9.17, 15) is 4.79 Å². The van der Waals surface area contributed by atoms with Gasteiger partial charge in [0.05, 0.1) is 16.6 Å². The van der Waals surface area contributed by atoms with Crippen LogP contribution in [-0.4, -0.2) is 29.9 Å². The molecule has 1 heterocycles. The van der Waals surface area contributed by atoms with Crippen molar-refractivity contribution in [3.63, 3.8) is 0 Å². The van der Waals surface area contributed by atoms with E-state index in [-0.39, 0.29) is 5.91 Å². The maximum atomic E-state index is 12.1. The molecule has 0 aromatic heterocycles. The Labute approximate surface area is 130 Å². The first kappa shape index (κ1) is 15.6. The summed E-state index contributed by atoms with van der Waals surface area (Å²) in [5.74, 6) is 0.00346. The molecule has 0 spiro atoms. The number of nitrogens with one attached hydrogen (secondary N) is 1. The second kappa shape index (κ2) is 7.30. The fourth-order valence-corrected chi connectivity index (χ4v) is 2.99. The molecule has 1 aromatic rings. The highest BCUT2D eigenvalue weighted by molar-refractivity contribution is 6.42. The number of carbonyl (C=O) groups is 1. The Balaban J connectivity index is 1.92. The van der Waals surface area contributed by atoms with Crippen LogP contribution in [0.4, 0.5) is 5.69 Å². The van der Waals surface area contributed by atoms with Crippen molar-refractivity contribution in [2.45, 2.75) is 38.6 Å². The number of amides is 1. The van der Waals surface area contributed by atoms with Crippen molar-refractivity contribution in [2.24, 2.45) is 0 Å². The zero-order valence-corrected chi connectivity index (χ0v) is 13.2. The fraction of sp³-hybridized carbons (Fsp3) is 0.533. The maximum absolute atomic E-state index is 12.1. The van der Waals surface area contributed by atoms with Crippen molar-refractivity contribution in [2.75, 3.05) is 18.4 Å². The van der Waals surface area contributed by atoms with Gasteiger partial charge < -0.3 is 5.32 Å². The summed E-state index contributed by atoms with van der Waals surface area (Å²) in [5.41, 5.74) is 0.689. The standard InChI is InChI=1S/C15H20Cl2N2O/c1-2-12-5-3-4-8-19(12)10-15(20)18-11-6-7-13(16)14(17)9-11/h6-7,9,12H,2-5,8,10H2,1H3,(H,18,20). The first-order chi connectivity index (χ1) is 9.60. The summed E-state index contributed by atoms with van der Waals surface area (Å²) in [4.78, 5) is 14.4. The molecule has 2 rings (SSSR count). The quantitative estimate of drug-likeness (QED) is 0.903. The van der Waals surface area contributed by atoms with Gasteiger partial charge in [0.2, 0.25) is 5.91 Å². The third kappa shape index (κ3) is 4.11. The highest BCUT2D eigenvalue weighted by Gasteiger charge is 2.22. The molecule has 1 unspecified atom stereocenters. The molecule has 0 aliphatic carbocycles. The van der Waals surface area contributed by atoms with Crippen LogP contribution >= 0.6 is 23.2 Å². The normalized spacial score (nSPS) is 19.9. The van der Waals surface area contributed by atoms with Crippen LogP contribution in [0.15, 0.2) is 18.2 Å². The van der Waals surface area contributed by atoms with Crippen LogP contribution in [0.3, 0.4) is 0 Å². The highest BCUT2D eigenvalue weighted by atomic mass is 35.5. The van der Waals surface area contributed by atoms with Crippen molar-refractivity contribution in [3.8, 4) is 0 Å². The molecule has 1 N–H and O–H groups in total. The van der Waals surface area contributed by atoms with Gasteiger partial charge in [0.15, 0.2) is 0 Å². The van der Waals surface area contributed by atoms with Crippen LogP contribution in [0.25, 0.3) is 0 Å². The van der Waals surface area contributed by atoms with Crippen LogP contribution in [0.1, 0.15) is 32.6 Å². The molecule has 1 fully saturated rings. The average molecular weight is 315 g/mol. The van der Waals surface area contributed by atoms with E-state index < -0.39 is 0 Å². The SMILES string of the molecule is CCC1CCCCN1CC(=O)Nc1ccc(Cl)c(Cl)c1. The molecule has 5 heteroatoms. The van der Waals surface area contributed by atoms with Gasteiger partial charge in [0.25, 0.3) is 0 Å². The summed E-state index contributed by atoms with van der Waals surface area (Å²) in [7, 11) is 0. The van der Waals surface area contributed by atoms with E-state index in [1.807, 2.05) is 0 Å². The number of hydrogen-bond donors (Lipinski definition) is 1. The number of hydrogen-bond acceptors (Lipinski definition) is 2. The smallest absolute Gasteiger partial charge is 0.238 e. The number of anilines is 1. The van der Waals surface area contributed by atoms with E-state index in [4.69, 9.17) is 23.2 Å². The number of halogens is 2. The first-order valence-electron chi connectivity index (χ1n) is 7.09. The summed E-state index contributed by atoms with van der Waals surface area (Å²) in [6.45, 7) is 3.63. The molecule has 1 aromatic carbocycles. The predicted molar refractivity (Wildman–Crippen MR) is 84.6 cm³/mol. The lowest BCUT2D eigenvalue weighted by Crippen LogP contribution is -2.43. The van der Waals surface area contributed by atoms with Gasteiger partial charge in [-0.05, 0) is 44.0 Å². The number of benzene rings is 1. The molecular formula is C15H20Cl2N2O. The lowest BCUT2D eigenvalue weighted by atomic mass is 10.00. The Hall–Kier alpha value is -0.770. The van der Waals surface area contributed by atoms with Gasteiger partial charge in [-0.1, -0.05) is 36.5 Å². The van der Waals surface area contributed by atoms with Gasteiger partial charge in [-0.2, -0.15) is 0 Å². The number of likely N-dealkylation sites (tertiary alicyclic amines) is 1. The van der Waals surface area contributed by atoms with Crippen LogP contribution in [0.5, 0.6) is 0 Å². The predicted octanol–water partition coefficient (Wildman–Crippen LogP) is 4.20. The largest absolute Gasteiger partial charge is 0.325 e. The summed E-state index contributed by atoms with van der Waals surface area (Å²) in [6, 6.07) is 5.66. The van der Waals surface area contributed by atoms with Crippen LogP contribution in [0.2, 0.25) is 10.0 Å².